The van der Waals surface area contributed by atoms with E-state index in [0.29, 0.717) is 5.95 Å². The van der Waals surface area contributed by atoms with Crippen LogP contribution in [0.15, 0.2) is 18.7 Å². The van der Waals surface area contributed by atoms with E-state index in [2.05, 4.69) is 36.7 Å². The minimum Gasteiger partial charge on any atom is -0.480 e. The molecule has 1 aliphatic heterocycles. The van der Waals surface area contributed by atoms with Crippen molar-refractivity contribution in [1.82, 2.24) is 24.8 Å². The fraction of sp³-hybridized carbons (Fsp3) is 0.500. The molecule has 27 heavy (non-hydrogen) atoms. The Hall–Kier alpha value is -2.81. The second-order valence-corrected chi connectivity index (χ2v) is 6.81. The van der Waals surface area contributed by atoms with Crippen LogP contribution in [0, 0.1) is 13.8 Å². The summed E-state index contributed by atoms with van der Waals surface area (Å²) < 4.78 is 0. The number of likely N-dealkylation sites (N-methyl/N-ethyl adjacent to an activating group) is 1. The van der Waals surface area contributed by atoms with Gasteiger partial charge in [-0.3, -0.25) is 9.69 Å². The molecule has 0 radical (unpaired) electrons. The van der Waals surface area contributed by atoms with Crippen molar-refractivity contribution in [3.8, 4) is 0 Å². The van der Waals surface area contributed by atoms with E-state index >= 15 is 0 Å². The molecule has 0 aliphatic carbocycles. The van der Waals surface area contributed by atoms with Gasteiger partial charge in [-0.05, 0) is 13.8 Å². The Kier molecular flexibility index (Phi) is 5.80. The van der Waals surface area contributed by atoms with Crippen LogP contribution in [0.4, 0.5) is 11.8 Å². The molecule has 0 atom stereocenters. The first-order valence-electron chi connectivity index (χ1n) is 8.93. The lowest BCUT2D eigenvalue weighted by molar-refractivity contribution is -0.135. The van der Waals surface area contributed by atoms with Crippen LogP contribution in [0.3, 0.4) is 0 Å². The zero-order valence-corrected chi connectivity index (χ0v) is 16.0. The van der Waals surface area contributed by atoms with E-state index in [9.17, 15) is 4.79 Å². The fourth-order valence-electron chi connectivity index (χ4n) is 3.12. The molecule has 2 aromatic heterocycles. The highest BCUT2D eigenvalue weighted by atomic mass is 16.4. The summed E-state index contributed by atoms with van der Waals surface area (Å²) in [4.78, 5) is 34.2. The van der Waals surface area contributed by atoms with E-state index in [1.165, 1.54) is 4.90 Å². The number of piperazine rings is 1. The maximum Gasteiger partial charge on any atom is 0.323 e. The molecule has 9 nitrogen and oxygen atoms in total. The van der Waals surface area contributed by atoms with Crippen molar-refractivity contribution in [3.05, 3.63) is 35.5 Å². The Bertz CT molecular complexity index is 789. The second kappa shape index (κ2) is 8.26. The van der Waals surface area contributed by atoms with Gasteiger partial charge in [0.05, 0.1) is 0 Å². The van der Waals surface area contributed by atoms with Crippen LogP contribution < -0.4 is 9.80 Å². The maximum atomic E-state index is 10.8. The second-order valence-electron chi connectivity index (χ2n) is 6.81. The van der Waals surface area contributed by atoms with E-state index in [1.807, 2.05) is 6.92 Å². The Labute approximate surface area is 158 Å². The summed E-state index contributed by atoms with van der Waals surface area (Å²) in [5.41, 5.74) is 3.18. The first kappa shape index (κ1) is 19.0. The van der Waals surface area contributed by atoms with Crippen LogP contribution in [0.1, 0.15) is 16.8 Å². The number of carbonyl (C=O) groups is 1. The molecule has 3 rings (SSSR count). The smallest absolute Gasteiger partial charge is 0.323 e. The number of carboxylic acids is 1. The van der Waals surface area contributed by atoms with Crippen LogP contribution in [0.2, 0.25) is 0 Å². The first-order valence-corrected chi connectivity index (χ1v) is 8.93. The number of anilines is 2. The van der Waals surface area contributed by atoms with Gasteiger partial charge in [0, 0.05) is 69.0 Å². The molecular formula is C18H25N7O2. The van der Waals surface area contributed by atoms with Gasteiger partial charge < -0.3 is 14.9 Å². The summed E-state index contributed by atoms with van der Waals surface area (Å²) >= 11 is 0. The molecule has 0 spiro atoms. The van der Waals surface area contributed by atoms with Crippen molar-refractivity contribution >= 4 is 17.7 Å². The monoisotopic (exact) mass is 371 g/mol. The number of rotatable bonds is 6. The van der Waals surface area contributed by atoms with Crippen molar-refractivity contribution in [2.75, 3.05) is 49.6 Å². The van der Waals surface area contributed by atoms with Crippen molar-refractivity contribution in [1.29, 1.82) is 0 Å². The van der Waals surface area contributed by atoms with Crippen molar-refractivity contribution in [2.24, 2.45) is 0 Å². The summed E-state index contributed by atoms with van der Waals surface area (Å²) in [6.45, 7) is 8.43. The molecule has 1 aliphatic rings. The Balaban J connectivity index is 1.55. The SMILES string of the molecule is Cc1ncnc(N2CCN(Cc3cnc(N(C)CC(=O)O)nc3)CC2)c1C. The van der Waals surface area contributed by atoms with Crippen molar-refractivity contribution in [2.45, 2.75) is 20.4 Å². The van der Waals surface area contributed by atoms with Crippen LogP contribution in [0.25, 0.3) is 0 Å². The molecule has 0 bridgehead atoms. The Morgan fingerprint density at radius 3 is 2.41 bits per heavy atom. The maximum absolute atomic E-state index is 10.8. The molecule has 0 unspecified atom stereocenters. The number of aryl methyl sites for hydroxylation is 1. The quantitative estimate of drug-likeness (QED) is 0.787. The number of aromatic nitrogens is 4. The lowest BCUT2D eigenvalue weighted by Crippen LogP contribution is -2.46. The average Bonchev–Trinajstić information content (AvgIpc) is 2.65. The molecule has 0 aromatic carbocycles. The molecular weight excluding hydrogens is 346 g/mol. The van der Waals surface area contributed by atoms with Gasteiger partial charge in [0.2, 0.25) is 5.95 Å². The zero-order chi connectivity index (χ0) is 19.4. The minimum atomic E-state index is -0.905. The molecule has 9 heteroatoms. The zero-order valence-electron chi connectivity index (χ0n) is 16.0. The third-order valence-electron chi connectivity index (χ3n) is 4.79. The Morgan fingerprint density at radius 1 is 1.11 bits per heavy atom. The molecule has 2 aromatic rings. The van der Waals surface area contributed by atoms with E-state index in [0.717, 1.165) is 55.4 Å². The highest BCUT2D eigenvalue weighted by molar-refractivity contribution is 5.72. The third-order valence-corrected chi connectivity index (χ3v) is 4.79. The average molecular weight is 371 g/mol. The molecule has 3 heterocycles. The van der Waals surface area contributed by atoms with E-state index in [-0.39, 0.29) is 6.54 Å². The summed E-state index contributed by atoms with van der Waals surface area (Å²) in [6.07, 6.45) is 5.17. The molecule has 144 valence electrons. The van der Waals surface area contributed by atoms with Gasteiger partial charge in [0.25, 0.3) is 0 Å². The third kappa shape index (κ3) is 4.68. The summed E-state index contributed by atoms with van der Waals surface area (Å²) in [5.74, 6) is 0.536. The highest BCUT2D eigenvalue weighted by Crippen LogP contribution is 2.20. The molecule has 1 N–H and O–H groups in total. The molecule has 0 saturated carbocycles. The van der Waals surface area contributed by atoms with E-state index in [1.54, 1.807) is 25.8 Å². The van der Waals surface area contributed by atoms with Crippen LogP contribution in [-0.2, 0) is 11.3 Å². The number of aliphatic carboxylic acids is 1. The van der Waals surface area contributed by atoms with Gasteiger partial charge in [-0.25, -0.2) is 19.9 Å². The van der Waals surface area contributed by atoms with Gasteiger partial charge in [0.15, 0.2) is 0 Å². The normalized spacial score (nSPS) is 15.0. The number of carboxylic acid groups (broad SMARTS) is 1. The minimum absolute atomic E-state index is 0.122. The predicted molar refractivity (Wildman–Crippen MR) is 102 cm³/mol. The molecule has 1 fully saturated rings. The highest BCUT2D eigenvalue weighted by Gasteiger charge is 2.20. The summed E-state index contributed by atoms with van der Waals surface area (Å²) in [5, 5.41) is 8.84. The van der Waals surface area contributed by atoms with E-state index in [4.69, 9.17) is 5.11 Å². The summed E-state index contributed by atoms with van der Waals surface area (Å²) in [6, 6.07) is 0. The Morgan fingerprint density at radius 2 is 1.78 bits per heavy atom. The van der Waals surface area contributed by atoms with Crippen LogP contribution in [-0.4, -0.2) is 75.7 Å². The molecule has 1 saturated heterocycles. The van der Waals surface area contributed by atoms with Gasteiger partial charge in [-0.2, -0.15) is 0 Å². The van der Waals surface area contributed by atoms with Crippen LogP contribution >= 0.6 is 0 Å². The number of nitrogens with zero attached hydrogens (tertiary/aromatic N) is 7. The van der Waals surface area contributed by atoms with Crippen molar-refractivity contribution in [3.63, 3.8) is 0 Å². The van der Waals surface area contributed by atoms with Gasteiger partial charge in [-0.15, -0.1) is 0 Å². The summed E-state index contributed by atoms with van der Waals surface area (Å²) in [7, 11) is 1.67. The van der Waals surface area contributed by atoms with Crippen LogP contribution in [0.5, 0.6) is 0 Å². The lowest BCUT2D eigenvalue weighted by atomic mass is 10.2. The number of hydrogen-bond donors (Lipinski definition) is 1. The van der Waals surface area contributed by atoms with Gasteiger partial charge in [0.1, 0.15) is 18.7 Å². The fourth-order valence-corrected chi connectivity index (χ4v) is 3.12. The standard InChI is InChI=1S/C18H25N7O2/c1-13-14(2)21-12-22-17(13)25-6-4-24(5-7-25)10-15-8-19-18(20-9-15)23(3)11-16(26)27/h8-9,12H,4-7,10-11H2,1-3H3,(H,26,27). The van der Waals surface area contributed by atoms with Gasteiger partial charge in [-0.1, -0.05) is 0 Å². The number of hydrogen-bond acceptors (Lipinski definition) is 8. The lowest BCUT2D eigenvalue weighted by Gasteiger charge is -2.36. The molecule has 0 amide bonds. The predicted octanol–water partition coefficient (Wildman–Crippen LogP) is 0.726. The largest absolute Gasteiger partial charge is 0.480 e. The first-order chi connectivity index (χ1) is 12.9. The van der Waals surface area contributed by atoms with E-state index < -0.39 is 5.97 Å². The van der Waals surface area contributed by atoms with Gasteiger partial charge >= 0.3 is 5.97 Å². The van der Waals surface area contributed by atoms with Crippen molar-refractivity contribution < 1.29 is 9.90 Å². The topological polar surface area (TPSA) is 98.6 Å².